The van der Waals surface area contributed by atoms with Crippen molar-refractivity contribution in [3.63, 3.8) is 0 Å². The molecule has 1 unspecified atom stereocenters. The summed E-state index contributed by atoms with van der Waals surface area (Å²) < 4.78 is 2.49. The number of fused-ring (bicyclic) bond motifs is 11. The first kappa shape index (κ1) is 51.9. The van der Waals surface area contributed by atoms with Gasteiger partial charge in [0.15, 0.2) is 0 Å². The van der Waals surface area contributed by atoms with E-state index in [0.717, 1.165) is 0 Å². The Kier molecular flexibility index (Phi) is 15.4. The number of aromatic nitrogens is 1. The van der Waals surface area contributed by atoms with E-state index >= 15 is 0 Å². The molecular formula is C76H71N. The van der Waals surface area contributed by atoms with Crippen molar-refractivity contribution in [2.24, 2.45) is 0 Å². The van der Waals surface area contributed by atoms with Crippen LogP contribution in [0, 0.1) is 27.7 Å². The van der Waals surface area contributed by atoms with Crippen LogP contribution in [0.15, 0.2) is 249 Å². The van der Waals surface area contributed by atoms with Gasteiger partial charge in [0.25, 0.3) is 0 Å². The summed E-state index contributed by atoms with van der Waals surface area (Å²) in [5.41, 5.74) is 24.9. The normalized spacial score (nSPS) is 13.2. The van der Waals surface area contributed by atoms with Gasteiger partial charge in [-0.25, -0.2) is 0 Å². The molecule has 2 aliphatic carbocycles. The lowest BCUT2D eigenvalue weighted by atomic mass is 9.67. The van der Waals surface area contributed by atoms with Crippen molar-refractivity contribution >= 4 is 32.6 Å². The molecule has 1 atom stereocenters. The highest BCUT2D eigenvalue weighted by molar-refractivity contribution is 6.13. The summed E-state index contributed by atoms with van der Waals surface area (Å²) in [5.74, 6) is 0.643. The predicted octanol–water partition coefficient (Wildman–Crippen LogP) is 21.0. The van der Waals surface area contributed by atoms with E-state index < -0.39 is 5.41 Å². The summed E-state index contributed by atoms with van der Waals surface area (Å²) in [6, 6.07) is 91.2. The maximum Gasteiger partial charge on any atom is 0.0714 e. The zero-order valence-corrected chi connectivity index (χ0v) is 46.4. The van der Waals surface area contributed by atoms with Crippen molar-refractivity contribution in [1.29, 1.82) is 0 Å². The number of hydrogen-bond donors (Lipinski definition) is 0. The van der Waals surface area contributed by atoms with E-state index in [1.54, 1.807) is 0 Å². The van der Waals surface area contributed by atoms with Crippen LogP contribution in [-0.4, -0.2) is 4.57 Å². The maximum absolute atomic E-state index is 2.51. The predicted molar refractivity (Wildman–Crippen MR) is 333 cm³/mol. The van der Waals surface area contributed by atoms with Gasteiger partial charge in [-0.2, -0.15) is 0 Å². The minimum Gasteiger partial charge on any atom is -0.309 e. The lowest BCUT2D eigenvalue weighted by Gasteiger charge is -2.34. The molecule has 1 heterocycles. The highest BCUT2D eigenvalue weighted by atomic mass is 15.0. The fourth-order valence-corrected chi connectivity index (χ4v) is 12.3. The molecule has 14 rings (SSSR count). The summed E-state index contributed by atoms with van der Waals surface area (Å²) in [7, 11) is 0. The van der Waals surface area contributed by atoms with Crippen LogP contribution in [0.25, 0.3) is 71.6 Å². The minimum atomic E-state index is -0.462. The molecule has 1 nitrogen and oxygen atoms in total. The summed E-state index contributed by atoms with van der Waals surface area (Å²) in [6.07, 6.45) is 1.17. The Hall–Kier alpha value is -8.52. The average molecular weight is 998 g/mol. The lowest BCUT2D eigenvalue weighted by Crippen LogP contribution is -2.28. The Morgan fingerprint density at radius 2 is 0.844 bits per heavy atom. The van der Waals surface area contributed by atoms with Gasteiger partial charge in [-0.15, -0.1) is 0 Å². The number of para-hydroxylation sites is 2. The van der Waals surface area contributed by atoms with Crippen LogP contribution in [0.3, 0.4) is 0 Å². The Morgan fingerprint density at radius 3 is 1.44 bits per heavy atom. The summed E-state index contributed by atoms with van der Waals surface area (Å²) >= 11 is 0. The molecule has 0 fully saturated rings. The van der Waals surface area contributed by atoms with Crippen LogP contribution in [0.4, 0.5) is 0 Å². The molecule has 11 aromatic carbocycles. The number of nitrogens with zero attached hydrogens (tertiary/aromatic N) is 1. The summed E-state index contributed by atoms with van der Waals surface area (Å²) in [5, 5.41) is 5.10. The van der Waals surface area contributed by atoms with Crippen LogP contribution in [0.5, 0.6) is 0 Å². The number of benzene rings is 11. The van der Waals surface area contributed by atoms with Gasteiger partial charge >= 0.3 is 0 Å². The zero-order valence-electron chi connectivity index (χ0n) is 46.4. The van der Waals surface area contributed by atoms with Crippen molar-refractivity contribution in [3.05, 3.63) is 304 Å². The standard InChI is InChI=1S/C42H29N.C16H16.C14H14.2C2H6/c1-28-24-25-35-36(26-28)42(29-14-4-2-5-15-29,30-16-6-3-7-17-30)37-27-40(33-20-8-9-21-34(33)41(35)37)43-38-22-12-10-18-31(38)32-19-11-13-23-39(32)43;1-11-7-8-15-14-6-4-3-5-13(14)10-12(2)16(15)9-11;1-11-8-12(2)10-14(9-11)13-6-4-3-5-7-13;2*1-2/h2-27H,1H3;3-9,12H,10H2,1-2H3;3-10H,1-2H3;2*1-2H3. The van der Waals surface area contributed by atoms with Crippen LogP contribution in [0.2, 0.25) is 0 Å². The smallest absolute Gasteiger partial charge is 0.0714 e. The third-order valence-corrected chi connectivity index (χ3v) is 15.4. The first-order valence-electron chi connectivity index (χ1n) is 27.9. The molecule has 0 saturated carbocycles. The molecule has 0 spiro atoms. The molecule has 1 aromatic heterocycles. The van der Waals surface area contributed by atoms with E-state index in [4.69, 9.17) is 0 Å². The van der Waals surface area contributed by atoms with Crippen LogP contribution < -0.4 is 0 Å². The van der Waals surface area contributed by atoms with Gasteiger partial charge in [0, 0.05) is 16.2 Å². The second-order valence-corrected chi connectivity index (χ2v) is 20.4. The molecule has 380 valence electrons. The first-order valence-corrected chi connectivity index (χ1v) is 27.9. The fourth-order valence-electron chi connectivity index (χ4n) is 12.3. The second kappa shape index (κ2) is 22.8. The molecule has 0 bridgehead atoms. The Balaban J connectivity index is 0.000000161. The van der Waals surface area contributed by atoms with Gasteiger partial charge in [0.1, 0.15) is 0 Å². The molecule has 0 N–H and O–H groups in total. The van der Waals surface area contributed by atoms with Gasteiger partial charge in [0.05, 0.1) is 22.1 Å². The first-order chi connectivity index (χ1) is 37.8. The fraction of sp³-hybridized carbons (Fsp3) is 0.158. The third kappa shape index (κ3) is 9.61. The number of aryl methyl sites for hydroxylation is 4. The quantitative estimate of drug-likeness (QED) is 0.166. The second-order valence-electron chi connectivity index (χ2n) is 20.4. The highest BCUT2D eigenvalue weighted by Gasteiger charge is 2.47. The monoisotopic (exact) mass is 998 g/mol. The van der Waals surface area contributed by atoms with E-state index in [1.807, 2.05) is 33.8 Å². The van der Waals surface area contributed by atoms with Crippen LogP contribution in [-0.2, 0) is 11.8 Å². The van der Waals surface area contributed by atoms with Crippen LogP contribution >= 0.6 is 0 Å². The van der Waals surface area contributed by atoms with E-state index in [9.17, 15) is 0 Å². The van der Waals surface area contributed by atoms with Crippen molar-refractivity contribution in [3.8, 4) is 39.1 Å². The molecule has 77 heavy (non-hydrogen) atoms. The number of rotatable bonds is 4. The van der Waals surface area contributed by atoms with Gasteiger partial charge in [0.2, 0.25) is 0 Å². The molecule has 1 heteroatoms. The van der Waals surface area contributed by atoms with Crippen molar-refractivity contribution in [2.75, 3.05) is 0 Å². The molecule has 12 aromatic rings. The average Bonchev–Trinajstić information content (AvgIpc) is 4.08. The van der Waals surface area contributed by atoms with E-state index in [1.165, 1.54) is 134 Å². The van der Waals surface area contributed by atoms with Crippen LogP contribution in [0.1, 0.15) is 96.2 Å². The molecular weight excluding hydrogens is 927 g/mol. The van der Waals surface area contributed by atoms with Crippen molar-refractivity contribution in [2.45, 2.75) is 80.1 Å². The van der Waals surface area contributed by atoms with Crippen molar-refractivity contribution < 1.29 is 0 Å². The molecule has 0 amide bonds. The highest BCUT2D eigenvalue weighted by Crippen LogP contribution is 2.59. The molecule has 0 radical (unpaired) electrons. The summed E-state index contributed by atoms with van der Waals surface area (Å²) in [4.78, 5) is 0. The largest absolute Gasteiger partial charge is 0.309 e. The molecule has 0 aliphatic heterocycles. The topological polar surface area (TPSA) is 4.93 Å². The SMILES string of the molecule is CC.CC.Cc1cc(C)cc(-c2ccccc2)c1.Cc1ccc2c(c1)C(C)Cc1ccccc1-2.Cc1ccc2c(c1)C(c1ccccc1)(c1ccccc1)c1cc(-n3c4ccccc4c4ccccc43)c3ccccc3c1-2. The van der Waals surface area contributed by atoms with Gasteiger partial charge in [-0.3, -0.25) is 0 Å². The lowest BCUT2D eigenvalue weighted by molar-refractivity contribution is 0.748. The number of hydrogen-bond acceptors (Lipinski definition) is 0. The zero-order chi connectivity index (χ0) is 53.6. The third-order valence-electron chi connectivity index (χ3n) is 15.4. The maximum atomic E-state index is 2.51. The summed E-state index contributed by atoms with van der Waals surface area (Å²) in [6.45, 7) is 19.0. The van der Waals surface area contributed by atoms with Gasteiger partial charge in [-0.05, 0) is 130 Å². The Labute approximate surface area is 458 Å². The Bertz CT molecular complexity index is 3880. The van der Waals surface area contributed by atoms with Gasteiger partial charge < -0.3 is 4.57 Å². The minimum absolute atomic E-state index is 0.462. The van der Waals surface area contributed by atoms with Crippen molar-refractivity contribution in [1.82, 2.24) is 4.57 Å². The molecule has 2 aliphatic rings. The van der Waals surface area contributed by atoms with E-state index in [2.05, 4.69) is 282 Å². The van der Waals surface area contributed by atoms with Gasteiger partial charge in [-0.1, -0.05) is 287 Å². The van der Waals surface area contributed by atoms with E-state index in [0.29, 0.717) is 5.92 Å². The molecule has 0 saturated heterocycles. The van der Waals surface area contributed by atoms with E-state index in [-0.39, 0.29) is 0 Å². The Morgan fingerprint density at radius 1 is 0.364 bits per heavy atom.